The lowest BCUT2D eigenvalue weighted by Gasteiger charge is -2.12. The first-order valence-electron chi connectivity index (χ1n) is 10.7. The normalized spacial score (nSPS) is 14.4. The molecule has 0 saturated carbocycles. The molecular formula is C26H19BrClFN2O4S. The Hall–Kier alpha value is -3.14. The molecule has 0 spiro atoms. The summed E-state index contributed by atoms with van der Waals surface area (Å²) in [6.07, 6.45) is 1.61. The predicted octanol–water partition coefficient (Wildman–Crippen LogP) is 6.80. The van der Waals surface area contributed by atoms with Crippen molar-refractivity contribution in [3.63, 3.8) is 0 Å². The fraction of sp³-hybridized carbons (Fsp3) is 0.115. The van der Waals surface area contributed by atoms with E-state index in [2.05, 4.69) is 21.2 Å². The summed E-state index contributed by atoms with van der Waals surface area (Å²) in [5.74, 6) is -0.712. The van der Waals surface area contributed by atoms with Crippen molar-refractivity contribution in [1.82, 2.24) is 4.90 Å². The highest BCUT2D eigenvalue weighted by atomic mass is 79.9. The second-order valence-electron chi connectivity index (χ2n) is 7.88. The molecule has 1 aliphatic heterocycles. The molecular weight excluding hydrogens is 571 g/mol. The van der Waals surface area contributed by atoms with Crippen LogP contribution in [-0.2, 0) is 16.1 Å². The molecule has 0 unspecified atom stereocenters. The van der Waals surface area contributed by atoms with Crippen molar-refractivity contribution in [2.24, 2.45) is 0 Å². The third-order valence-electron chi connectivity index (χ3n) is 5.20. The number of nitrogens with zero attached hydrogens (tertiary/aromatic N) is 1. The van der Waals surface area contributed by atoms with Crippen LogP contribution >= 0.6 is 39.3 Å². The number of aryl methyl sites for hydroxylation is 1. The zero-order valence-corrected chi connectivity index (χ0v) is 22.0. The van der Waals surface area contributed by atoms with Gasteiger partial charge in [-0.2, -0.15) is 0 Å². The fourth-order valence-corrected chi connectivity index (χ4v) is 4.82. The second-order valence-corrected chi connectivity index (χ2v) is 10.1. The molecule has 184 valence electrons. The molecule has 1 heterocycles. The number of hydrogen-bond donors (Lipinski definition) is 1. The van der Waals surface area contributed by atoms with Crippen molar-refractivity contribution in [2.45, 2.75) is 13.5 Å². The van der Waals surface area contributed by atoms with Crippen LogP contribution in [0.5, 0.6) is 5.75 Å². The number of carbonyl (C=O) groups excluding carboxylic acids is 3. The fourth-order valence-electron chi connectivity index (χ4n) is 3.29. The zero-order valence-electron chi connectivity index (χ0n) is 18.9. The number of carbonyl (C=O) groups is 3. The molecule has 0 bridgehead atoms. The summed E-state index contributed by atoms with van der Waals surface area (Å²) in [5.41, 5.74) is 2.80. The lowest BCUT2D eigenvalue weighted by atomic mass is 10.2. The SMILES string of the molecule is Cc1ccc(NC(=O)COc2ccc(/C=C3\SC(=O)N(Cc4ccc(F)cc4)C3=O)cc2Br)cc1Cl. The van der Waals surface area contributed by atoms with E-state index in [0.29, 0.717) is 32.1 Å². The number of benzene rings is 3. The molecule has 0 aromatic heterocycles. The van der Waals surface area contributed by atoms with Gasteiger partial charge in [0.05, 0.1) is 15.9 Å². The molecule has 0 atom stereocenters. The molecule has 3 aromatic carbocycles. The minimum atomic E-state index is -0.418. The topological polar surface area (TPSA) is 75.7 Å². The first-order chi connectivity index (χ1) is 17.2. The van der Waals surface area contributed by atoms with E-state index in [1.807, 2.05) is 13.0 Å². The molecule has 3 amide bonds. The van der Waals surface area contributed by atoms with Gasteiger partial charge in [-0.05, 0) is 93.8 Å². The average molecular weight is 590 g/mol. The summed E-state index contributed by atoms with van der Waals surface area (Å²) in [7, 11) is 0. The Labute approximate surface area is 224 Å². The van der Waals surface area contributed by atoms with E-state index in [-0.39, 0.29) is 29.8 Å². The number of hydrogen-bond acceptors (Lipinski definition) is 5. The van der Waals surface area contributed by atoms with Crippen LogP contribution in [0.15, 0.2) is 70.0 Å². The Morgan fingerprint density at radius 2 is 1.89 bits per heavy atom. The molecule has 10 heteroatoms. The van der Waals surface area contributed by atoms with Gasteiger partial charge in [0.1, 0.15) is 11.6 Å². The maximum Gasteiger partial charge on any atom is 0.293 e. The Bertz CT molecular complexity index is 1380. The number of rotatable bonds is 7. The molecule has 1 saturated heterocycles. The Balaban J connectivity index is 1.37. The van der Waals surface area contributed by atoms with Crippen molar-refractivity contribution >= 4 is 68.1 Å². The highest BCUT2D eigenvalue weighted by Crippen LogP contribution is 2.34. The van der Waals surface area contributed by atoms with Gasteiger partial charge < -0.3 is 10.1 Å². The maximum atomic E-state index is 13.1. The lowest BCUT2D eigenvalue weighted by Crippen LogP contribution is -2.27. The van der Waals surface area contributed by atoms with Crippen LogP contribution in [0.4, 0.5) is 14.9 Å². The van der Waals surface area contributed by atoms with Gasteiger partial charge in [-0.1, -0.05) is 35.9 Å². The van der Waals surface area contributed by atoms with Gasteiger partial charge in [0.25, 0.3) is 17.1 Å². The zero-order chi connectivity index (χ0) is 25.8. The number of nitrogens with one attached hydrogen (secondary N) is 1. The van der Waals surface area contributed by atoms with Crippen molar-refractivity contribution in [3.8, 4) is 5.75 Å². The van der Waals surface area contributed by atoms with Crippen LogP contribution in [0.25, 0.3) is 6.08 Å². The van der Waals surface area contributed by atoms with Gasteiger partial charge in [0.15, 0.2) is 6.61 Å². The summed E-state index contributed by atoms with van der Waals surface area (Å²) in [5, 5.41) is 2.89. The number of imide groups is 1. The van der Waals surface area contributed by atoms with Crippen LogP contribution in [0.3, 0.4) is 0 Å². The van der Waals surface area contributed by atoms with Crippen molar-refractivity contribution < 1.29 is 23.5 Å². The summed E-state index contributed by atoms with van der Waals surface area (Å²) >= 11 is 10.3. The van der Waals surface area contributed by atoms with Gasteiger partial charge in [0.2, 0.25) is 0 Å². The number of halogens is 3. The summed E-state index contributed by atoms with van der Waals surface area (Å²) in [6, 6.07) is 16.0. The van der Waals surface area contributed by atoms with E-state index < -0.39 is 11.1 Å². The first kappa shape index (κ1) is 25.9. The minimum Gasteiger partial charge on any atom is -0.483 e. The van der Waals surface area contributed by atoms with E-state index in [1.165, 1.54) is 24.3 Å². The average Bonchev–Trinajstić information content (AvgIpc) is 3.09. The highest BCUT2D eigenvalue weighted by Gasteiger charge is 2.35. The van der Waals surface area contributed by atoms with Gasteiger partial charge in [-0.15, -0.1) is 0 Å². The first-order valence-corrected chi connectivity index (χ1v) is 12.7. The van der Waals surface area contributed by atoms with E-state index in [9.17, 15) is 18.8 Å². The molecule has 3 aromatic rings. The highest BCUT2D eigenvalue weighted by molar-refractivity contribution is 9.10. The maximum absolute atomic E-state index is 13.1. The van der Waals surface area contributed by atoms with Gasteiger partial charge in [-0.25, -0.2) is 4.39 Å². The Kier molecular flexibility index (Phi) is 8.13. The molecule has 1 N–H and O–H groups in total. The lowest BCUT2D eigenvalue weighted by molar-refractivity contribution is -0.123. The largest absolute Gasteiger partial charge is 0.483 e. The monoisotopic (exact) mass is 588 g/mol. The van der Waals surface area contributed by atoms with E-state index in [4.69, 9.17) is 16.3 Å². The molecule has 0 radical (unpaired) electrons. The van der Waals surface area contributed by atoms with Gasteiger partial charge >= 0.3 is 0 Å². The summed E-state index contributed by atoms with van der Waals surface area (Å²) in [4.78, 5) is 38.8. The number of anilines is 1. The molecule has 6 nitrogen and oxygen atoms in total. The minimum absolute atomic E-state index is 0.0651. The molecule has 4 rings (SSSR count). The summed E-state index contributed by atoms with van der Waals surface area (Å²) < 4.78 is 19.3. The number of thioether (sulfide) groups is 1. The molecule has 36 heavy (non-hydrogen) atoms. The van der Waals surface area contributed by atoms with Crippen LogP contribution in [0, 0.1) is 12.7 Å². The third-order valence-corrected chi connectivity index (χ3v) is 7.13. The van der Waals surface area contributed by atoms with Crippen LogP contribution in [0.2, 0.25) is 5.02 Å². The summed E-state index contributed by atoms with van der Waals surface area (Å²) in [6.45, 7) is 1.72. The predicted molar refractivity (Wildman–Crippen MR) is 142 cm³/mol. The molecule has 1 aliphatic rings. The van der Waals surface area contributed by atoms with Crippen molar-refractivity contribution in [1.29, 1.82) is 0 Å². The van der Waals surface area contributed by atoms with Crippen LogP contribution in [-0.4, -0.2) is 28.6 Å². The van der Waals surface area contributed by atoms with Gasteiger partial charge in [-0.3, -0.25) is 19.3 Å². The van der Waals surface area contributed by atoms with E-state index in [0.717, 1.165) is 22.2 Å². The van der Waals surface area contributed by atoms with Crippen LogP contribution in [0.1, 0.15) is 16.7 Å². The smallest absolute Gasteiger partial charge is 0.293 e. The third kappa shape index (κ3) is 6.34. The molecule has 0 aliphatic carbocycles. The number of amides is 3. The standard InChI is InChI=1S/C26H19BrClFN2O4S/c1-15-2-8-19(12-21(15)28)30-24(32)14-35-22-9-5-17(10-20(22)27)11-23-25(33)31(26(34)36-23)13-16-3-6-18(29)7-4-16/h2-12H,13-14H2,1H3,(H,30,32)/b23-11-. The Morgan fingerprint density at radius 3 is 2.58 bits per heavy atom. The second kappa shape index (κ2) is 11.3. The Morgan fingerprint density at radius 1 is 1.14 bits per heavy atom. The van der Waals surface area contributed by atoms with Gasteiger partial charge in [0, 0.05) is 10.7 Å². The van der Waals surface area contributed by atoms with E-state index >= 15 is 0 Å². The molecule has 1 fully saturated rings. The van der Waals surface area contributed by atoms with Crippen molar-refractivity contribution in [3.05, 3.63) is 97.6 Å². The number of ether oxygens (including phenoxy) is 1. The van der Waals surface area contributed by atoms with E-state index in [1.54, 1.807) is 36.4 Å². The van der Waals surface area contributed by atoms with Crippen LogP contribution < -0.4 is 10.1 Å². The van der Waals surface area contributed by atoms with Crippen molar-refractivity contribution in [2.75, 3.05) is 11.9 Å². The quantitative estimate of drug-likeness (QED) is 0.307.